The van der Waals surface area contributed by atoms with Gasteiger partial charge in [-0.3, -0.25) is 0 Å². The molecule has 2 aliphatic rings. The standard InChI is InChI=1S/C12H22O11/c13-1-4-6(16)8(18)9(19)11(21-4)23-12(3-15)10(20)7(17)5(2-14)22-12/h4-11,13-20H,1-3H2/t4-,5?,6-,7?,8+,9-,10?,11-,12+/m1/s1/i2+1,3+1,5+1,7+1,10+1,12+1. The molecule has 136 valence electrons. The van der Waals surface area contributed by atoms with E-state index < -0.39 is 74.6 Å². The van der Waals surface area contributed by atoms with Crippen LogP contribution in [0.25, 0.3) is 0 Å². The summed E-state index contributed by atoms with van der Waals surface area (Å²) in [6, 6.07) is 0. The molecular formula is C12H22O11. The van der Waals surface area contributed by atoms with Crippen LogP contribution in [0.15, 0.2) is 0 Å². The molecule has 0 radical (unpaired) electrons. The lowest BCUT2D eigenvalue weighted by Gasteiger charge is -2.43. The van der Waals surface area contributed by atoms with Crippen LogP contribution in [0.5, 0.6) is 0 Å². The summed E-state index contributed by atoms with van der Waals surface area (Å²) < 4.78 is 15.4. The first-order valence-electron chi connectivity index (χ1n) is 7.05. The fourth-order valence-corrected chi connectivity index (χ4v) is 2.63. The summed E-state index contributed by atoms with van der Waals surface area (Å²) in [5.74, 6) is -2.22. The highest BCUT2D eigenvalue weighted by Crippen LogP contribution is 2.35. The van der Waals surface area contributed by atoms with Crippen LogP contribution >= 0.6 is 0 Å². The Morgan fingerprint density at radius 3 is 1.87 bits per heavy atom. The van der Waals surface area contributed by atoms with Crippen LogP contribution in [0, 0.1) is 0 Å². The molecule has 2 fully saturated rings. The van der Waals surface area contributed by atoms with Crippen molar-refractivity contribution in [1.29, 1.82) is 0 Å². The van der Waals surface area contributed by atoms with E-state index in [0.29, 0.717) is 0 Å². The molecule has 8 N–H and O–H groups in total. The molecule has 11 nitrogen and oxygen atoms in total. The van der Waals surface area contributed by atoms with Gasteiger partial charge in [0.2, 0.25) is 5.79 Å². The summed E-state index contributed by atoms with van der Waals surface area (Å²) in [5, 5.41) is 76.7. The molecule has 0 aromatic rings. The summed E-state index contributed by atoms with van der Waals surface area (Å²) in [5.41, 5.74) is 0. The Bertz CT molecular complexity index is 393. The van der Waals surface area contributed by atoms with E-state index in [1.807, 2.05) is 0 Å². The van der Waals surface area contributed by atoms with Crippen LogP contribution in [0.2, 0.25) is 0 Å². The molecule has 9 atom stereocenters. The molecule has 2 heterocycles. The predicted molar refractivity (Wildman–Crippen MR) is 68.6 cm³/mol. The average molecular weight is 348 g/mol. The third kappa shape index (κ3) is 3.23. The van der Waals surface area contributed by atoms with Crippen LogP contribution in [-0.4, -0.2) is 115 Å². The summed E-state index contributed by atoms with van der Waals surface area (Å²) >= 11 is 0. The first-order chi connectivity index (χ1) is 10.8. The van der Waals surface area contributed by atoms with Gasteiger partial charge in [-0.15, -0.1) is 0 Å². The van der Waals surface area contributed by atoms with Crippen molar-refractivity contribution in [2.45, 2.75) is 54.8 Å². The molecule has 0 amide bonds. The van der Waals surface area contributed by atoms with Crippen molar-refractivity contribution in [2.24, 2.45) is 0 Å². The fourth-order valence-electron chi connectivity index (χ4n) is 2.63. The minimum absolute atomic E-state index is 0.669. The van der Waals surface area contributed by atoms with Crippen molar-refractivity contribution in [2.75, 3.05) is 19.8 Å². The van der Waals surface area contributed by atoms with Crippen LogP contribution in [-0.2, 0) is 14.2 Å². The smallest absolute Gasteiger partial charge is 0.224 e. The lowest BCUT2D eigenvalue weighted by atomic mass is 9.99. The molecule has 0 aliphatic carbocycles. The minimum atomic E-state index is -2.22. The summed E-state index contributed by atoms with van der Waals surface area (Å²) in [6.07, 6.45) is -12.7. The highest BCUT2D eigenvalue weighted by molar-refractivity contribution is 4.98. The Balaban J connectivity index is 2.18. The van der Waals surface area contributed by atoms with Gasteiger partial charge in [0.1, 0.15) is 49.3 Å². The average Bonchev–Trinajstić information content (AvgIpc) is 2.80. The van der Waals surface area contributed by atoms with E-state index >= 15 is 0 Å². The molecule has 0 spiro atoms. The van der Waals surface area contributed by atoms with Crippen molar-refractivity contribution in [1.82, 2.24) is 0 Å². The van der Waals surface area contributed by atoms with Gasteiger partial charge in [-0.2, -0.15) is 0 Å². The van der Waals surface area contributed by atoms with Crippen molar-refractivity contribution in [3.8, 4) is 0 Å². The lowest BCUT2D eigenvalue weighted by molar-refractivity contribution is -0.383. The van der Waals surface area contributed by atoms with Crippen molar-refractivity contribution in [3.63, 3.8) is 0 Å². The number of hydrogen-bond acceptors (Lipinski definition) is 11. The van der Waals surface area contributed by atoms with E-state index in [2.05, 4.69) is 0 Å². The highest BCUT2D eigenvalue weighted by atomic mass is 17.0. The quantitative estimate of drug-likeness (QED) is 0.221. The second-order valence-electron chi connectivity index (χ2n) is 5.56. The predicted octanol–water partition coefficient (Wildman–Crippen LogP) is -5.40. The minimum Gasteiger partial charge on any atom is -0.394 e. The highest BCUT2D eigenvalue weighted by Gasteiger charge is 2.58. The number of ether oxygens (including phenoxy) is 3. The Hall–Kier alpha value is -0.440. The molecule has 2 aliphatic heterocycles. The van der Waals surface area contributed by atoms with E-state index in [0.717, 1.165) is 0 Å². The Kier molecular flexibility index (Phi) is 5.92. The van der Waals surface area contributed by atoms with Gasteiger partial charge in [0, 0.05) is 0 Å². The molecule has 0 bridgehead atoms. The molecule has 0 aromatic carbocycles. The van der Waals surface area contributed by atoms with Gasteiger partial charge in [-0.25, -0.2) is 0 Å². The normalized spacial score (nSPS) is 51.1. The molecule has 3 unspecified atom stereocenters. The molecule has 23 heavy (non-hydrogen) atoms. The van der Waals surface area contributed by atoms with Gasteiger partial charge in [-0.1, -0.05) is 0 Å². The molecule has 0 saturated carbocycles. The summed E-state index contributed by atoms with van der Waals surface area (Å²) in [4.78, 5) is 0. The zero-order valence-corrected chi connectivity index (χ0v) is 12.0. The maximum Gasteiger partial charge on any atom is 0.224 e. The number of aliphatic hydroxyl groups is 8. The molecule has 11 heteroatoms. The third-order valence-corrected chi connectivity index (χ3v) is 4.07. The topological polar surface area (TPSA) is 190 Å². The van der Waals surface area contributed by atoms with Gasteiger partial charge in [0.25, 0.3) is 0 Å². The monoisotopic (exact) mass is 348 g/mol. The lowest BCUT2D eigenvalue weighted by Crippen LogP contribution is -2.62. The molecule has 0 aromatic heterocycles. The van der Waals surface area contributed by atoms with Gasteiger partial charge < -0.3 is 55.1 Å². The van der Waals surface area contributed by atoms with Crippen LogP contribution in [0.1, 0.15) is 0 Å². The zero-order valence-electron chi connectivity index (χ0n) is 12.0. The largest absolute Gasteiger partial charge is 0.394 e. The second-order valence-corrected chi connectivity index (χ2v) is 5.56. The zero-order chi connectivity index (χ0) is 17.4. The fraction of sp³-hybridized carbons (Fsp3) is 1.00. The van der Waals surface area contributed by atoms with Gasteiger partial charge in [0.05, 0.1) is 13.2 Å². The number of rotatable bonds is 5. The number of aliphatic hydroxyl groups excluding tert-OH is 8. The van der Waals surface area contributed by atoms with Crippen molar-refractivity contribution in [3.05, 3.63) is 0 Å². The molecular weight excluding hydrogens is 326 g/mol. The van der Waals surface area contributed by atoms with Crippen LogP contribution < -0.4 is 0 Å². The van der Waals surface area contributed by atoms with Gasteiger partial charge in [-0.05, 0) is 0 Å². The van der Waals surface area contributed by atoms with Crippen LogP contribution in [0.3, 0.4) is 0 Å². The Labute approximate surface area is 130 Å². The molecule has 2 saturated heterocycles. The molecule has 2 rings (SSSR count). The summed E-state index contributed by atoms with van der Waals surface area (Å²) in [7, 11) is 0. The van der Waals surface area contributed by atoms with Gasteiger partial charge in [0.15, 0.2) is 6.29 Å². The van der Waals surface area contributed by atoms with E-state index in [1.54, 1.807) is 0 Å². The maximum absolute atomic E-state index is 10.00. The van der Waals surface area contributed by atoms with E-state index in [4.69, 9.17) is 24.4 Å². The van der Waals surface area contributed by atoms with Gasteiger partial charge >= 0.3 is 0 Å². The van der Waals surface area contributed by atoms with E-state index in [1.165, 1.54) is 0 Å². The third-order valence-electron chi connectivity index (χ3n) is 4.07. The van der Waals surface area contributed by atoms with E-state index in [9.17, 15) is 30.6 Å². The Morgan fingerprint density at radius 1 is 0.783 bits per heavy atom. The van der Waals surface area contributed by atoms with Crippen molar-refractivity contribution < 1.29 is 55.1 Å². The SMILES string of the molecule is OC[C@H]1O[C@H](O[13C@]2([13CH2]O)O[13CH]([13CH2]O)[13CH](O)[13CH]2O)[C@H](O)[C@@H](O)[C@@H]1O. The first kappa shape index (κ1) is 18.9. The summed E-state index contributed by atoms with van der Waals surface area (Å²) in [6.45, 7) is -2.32. The van der Waals surface area contributed by atoms with Crippen LogP contribution in [0.4, 0.5) is 0 Å². The second kappa shape index (κ2) is 7.21. The number of hydrogen-bond donors (Lipinski definition) is 8. The Morgan fingerprint density at radius 2 is 1.39 bits per heavy atom. The maximum atomic E-state index is 10.00. The van der Waals surface area contributed by atoms with Crippen molar-refractivity contribution >= 4 is 0 Å². The first-order valence-corrected chi connectivity index (χ1v) is 7.05. The van der Waals surface area contributed by atoms with E-state index in [-0.39, 0.29) is 0 Å².